The van der Waals surface area contributed by atoms with Crippen molar-refractivity contribution in [1.29, 1.82) is 0 Å². The van der Waals surface area contributed by atoms with Crippen molar-refractivity contribution in [3.63, 3.8) is 0 Å². The fourth-order valence-electron chi connectivity index (χ4n) is 4.15. The van der Waals surface area contributed by atoms with Crippen LogP contribution in [0.5, 0.6) is 0 Å². The Labute approximate surface area is 187 Å². The molecule has 2 amide bonds. The van der Waals surface area contributed by atoms with E-state index < -0.39 is 0 Å². The number of aromatic nitrogens is 2. The third kappa shape index (κ3) is 5.04. The number of H-pyrrole nitrogens is 1. The van der Waals surface area contributed by atoms with Crippen molar-refractivity contribution in [2.45, 2.75) is 32.6 Å². The van der Waals surface area contributed by atoms with Crippen LogP contribution in [0, 0.1) is 6.92 Å². The van der Waals surface area contributed by atoms with Gasteiger partial charge in [0.1, 0.15) is 5.82 Å². The molecule has 4 rings (SSSR count). The first kappa shape index (κ1) is 21.7. The minimum Gasteiger partial charge on any atom is -0.341 e. The first-order chi connectivity index (χ1) is 15.5. The number of hydrogen-bond acceptors (Lipinski definition) is 4. The van der Waals surface area contributed by atoms with Gasteiger partial charge in [-0.2, -0.15) is 0 Å². The van der Waals surface area contributed by atoms with Gasteiger partial charge >= 0.3 is 0 Å². The van der Waals surface area contributed by atoms with Gasteiger partial charge in [0.05, 0.1) is 10.9 Å². The molecule has 0 aliphatic carbocycles. The molecular formula is C25H28N4O3. The summed E-state index contributed by atoms with van der Waals surface area (Å²) < 4.78 is 0. The molecule has 32 heavy (non-hydrogen) atoms. The number of amides is 2. The van der Waals surface area contributed by atoms with Gasteiger partial charge < -0.3 is 14.8 Å². The van der Waals surface area contributed by atoms with Crippen LogP contribution in [0.25, 0.3) is 10.9 Å². The predicted octanol–water partition coefficient (Wildman–Crippen LogP) is 2.93. The van der Waals surface area contributed by atoms with Crippen molar-refractivity contribution in [3.05, 3.63) is 75.8 Å². The van der Waals surface area contributed by atoms with Gasteiger partial charge in [-0.15, -0.1) is 0 Å². The van der Waals surface area contributed by atoms with E-state index in [1.165, 1.54) is 0 Å². The predicted molar refractivity (Wildman–Crippen MR) is 124 cm³/mol. The summed E-state index contributed by atoms with van der Waals surface area (Å²) in [6.07, 6.45) is 2.31. The topological polar surface area (TPSA) is 86.4 Å². The Morgan fingerprint density at radius 1 is 1.00 bits per heavy atom. The Morgan fingerprint density at radius 3 is 2.62 bits per heavy atom. The maximum Gasteiger partial charge on any atom is 0.258 e. The lowest BCUT2D eigenvalue weighted by Gasteiger charge is -2.22. The lowest BCUT2D eigenvalue weighted by Crippen LogP contribution is -2.37. The van der Waals surface area contributed by atoms with Gasteiger partial charge in [0.2, 0.25) is 5.91 Å². The number of hydrogen-bond donors (Lipinski definition) is 1. The molecule has 2 aromatic carbocycles. The number of aromatic amines is 1. The van der Waals surface area contributed by atoms with Gasteiger partial charge in [0, 0.05) is 44.6 Å². The van der Waals surface area contributed by atoms with Crippen LogP contribution in [0.2, 0.25) is 0 Å². The zero-order chi connectivity index (χ0) is 22.5. The third-order valence-electron chi connectivity index (χ3n) is 5.87. The van der Waals surface area contributed by atoms with E-state index in [1.807, 2.05) is 59.2 Å². The molecule has 0 bridgehead atoms. The smallest absolute Gasteiger partial charge is 0.258 e. The van der Waals surface area contributed by atoms with Crippen molar-refractivity contribution in [3.8, 4) is 0 Å². The second-order valence-electron chi connectivity index (χ2n) is 8.28. The highest BCUT2D eigenvalue weighted by molar-refractivity contribution is 5.94. The van der Waals surface area contributed by atoms with E-state index in [4.69, 9.17) is 0 Å². The summed E-state index contributed by atoms with van der Waals surface area (Å²) in [6, 6.07) is 14.9. The summed E-state index contributed by atoms with van der Waals surface area (Å²) in [5, 5.41) is 0.571. The highest BCUT2D eigenvalue weighted by atomic mass is 16.2. The molecule has 166 valence electrons. The highest BCUT2D eigenvalue weighted by Crippen LogP contribution is 2.13. The number of fused-ring (bicyclic) bond motifs is 1. The number of aryl methyl sites for hydroxylation is 2. The molecule has 1 N–H and O–H groups in total. The fraction of sp³-hybridized carbons (Fsp3) is 0.360. The molecule has 0 radical (unpaired) electrons. The van der Waals surface area contributed by atoms with Crippen LogP contribution in [0.15, 0.2) is 53.3 Å². The Balaban J connectivity index is 1.30. The summed E-state index contributed by atoms with van der Waals surface area (Å²) >= 11 is 0. The molecule has 1 aromatic heterocycles. The second kappa shape index (κ2) is 9.77. The first-order valence-electron chi connectivity index (χ1n) is 11.1. The monoisotopic (exact) mass is 432 g/mol. The third-order valence-corrected chi connectivity index (χ3v) is 5.87. The Bertz CT molecular complexity index is 1190. The van der Waals surface area contributed by atoms with Crippen LogP contribution in [-0.2, 0) is 11.2 Å². The van der Waals surface area contributed by atoms with Crippen LogP contribution in [-0.4, -0.2) is 57.8 Å². The number of para-hydroxylation sites is 1. The van der Waals surface area contributed by atoms with E-state index in [2.05, 4.69) is 9.97 Å². The Morgan fingerprint density at radius 2 is 1.78 bits per heavy atom. The lowest BCUT2D eigenvalue weighted by molar-refractivity contribution is -0.131. The summed E-state index contributed by atoms with van der Waals surface area (Å²) in [6.45, 7) is 4.36. The maximum absolute atomic E-state index is 12.8. The molecule has 0 unspecified atom stereocenters. The fourth-order valence-corrected chi connectivity index (χ4v) is 4.15. The molecule has 3 aromatic rings. The van der Waals surface area contributed by atoms with Crippen molar-refractivity contribution in [2.24, 2.45) is 0 Å². The average molecular weight is 433 g/mol. The van der Waals surface area contributed by atoms with Crippen molar-refractivity contribution < 1.29 is 9.59 Å². The summed E-state index contributed by atoms with van der Waals surface area (Å²) in [5.74, 6) is 0.708. The molecule has 1 aliphatic rings. The zero-order valence-corrected chi connectivity index (χ0v) is 18.3. The molecule has 7 nitrogen and oxygen atoms in total. The molecule has 0 spiro atoms. The normalized spacial score (nSPS) is 14.4. The van der Waals surface area contributed by atoms with E-state index >= 15 is 0 Å². The number of benzene rings is 2. The van der Waals surface area contributed by atoms with Crippen molar-refractivity contribution in [2.75, 3.05) is 26.2 Å². The minimum absolute atomic E-state index is 0.0225. The summed E-state index contributed by atoms with van der Waals surface area (Å²) in [4.78, 5) is 48.7. The average Bonchev–Trinajstić information content (AvgIpc) is 3.05. The van der Waals surface area contributed by atoms with Gasteiger partial charge in [-0.3, -0.25) is 14.4 Å². The Kier molecular flexibility index (Phi) is 6.63. The van der Waals surface area contributed by atoms with E-state index in [-0.39, 0.29) is 17.4 Å². The molecular weight excluding hydrogens is 404 g/mol. The quantitative estimate of drug-likeness (QED) is 0.672. The van der Waals surface area contributed by atoms with Crippen LogP contribution < -0.4 is 5.56 Å². The molecule has 0 atom stereocenters. The van der Waals surface area contributed by atoms with Gasteiger partial charge in [-0.05, 0) is 44.0 Å². The molecule has 2 heterocycles. The number of nitrogens with zero attached hydrogens (tertiary/aromatic N) is 3. The molecule has 1 aliphatic heterocycles. The standard InChI is InChI=1S/C25H28N4O3/c1-18-7-4-8-19(17-18)25(32)29-14-6-13-28(15-16-29)23(30)12-5-11-22-26-21-10-3-2-9-20(21)24(31)27-22/h2-4,7-10,17H,5-6,11-16H2,1H3,(H,26,27,31). The molecule has 7 heteroatoms. The summed E-state index contributed by atoms with van der Waals surface area (Å²) in [7, 11) is 0. The SMILES string of the molecule is Cc1cccc(C(=O)N2CCCN(C(=O)CCCc3nc4ccccc4c(=O)[nH]3)CC2)c1. The first-order valence-corrected chi connectivity index (χ1v) is 11.1. The number of carbonyl (C=O) groups is 2. The summed E-state index contributed by atoms with van der Waals surface area (Å²) in [5.41, 5.74) is 2.28. The van der Waals surface area contributed by atoms with Gasteiger partial charge in [-0.25, -0.2) is 4.98 Å². The number of carbonyl (C=O) groups excluding carboxylic acids is 2. The molecule has 0 saturated carbocycles. The Hall–Kier alpha value is -3.48. The van der Waals surface area contributed by atoms with E-state index in [1.54, 1.807) is 6.07 Å². The maximum atomic E-state index is 12.8. The highest BCUT2D eigenvalue weighted by Gasteiger charge is 2.22. The van der Waals surface area contributed by atoms with Gasteiger partial charge in [0.15, 0.2) is 0 Å². The lowest BCUT2D eigenvalue weighted by atomic mass is 10.1. The van der Waals surface area contributed by atoms with Crippen molar-refractivity contribution >= 4 is 22.7 Å². The van der Waals surface area contributed by atoms with Crippen LogP contribution >= 0.6 is 0 Å². The van der Waals surface area contributed by atoms with E-state index in [0.717, 1.165) is 12.0 Å². The second-order valence-corrected chi connectivity index (χ2v) is 8.28. The number of nitrogens with one attached hydrogen (secondary N) is 1. The molecule has 1 saturated heterocycles. The van der Waals surface area contributed by atoms with Gasteiger partial charge in [0.25, 0.3) is 11.5 Å². The van der Waals surface area contributed by atoms with E-state index in [0.29, 0.717) is 67.7 Å². The van der Waals surface area contributed by atoms with Crippen LogP contribution in [0.3, 0.4) is 0 Å². The van der Waals surface area contributed by atoms with E-state index in [9.17, 15) is 14.4 Å². The minimum atomic E-state index is -0.150. The van der Waals surface area contributed by atoms with Gasteiger partial charge in [-0.1, -0.05) is 29.8 Å². The van der Waals surface area contributed by atoms with Crippen LogP contribution in [0.1, 0.15) is 41.0 Å². The molecule has 1 fully saturated rings. The zero-order valence-electron chi connectivity index (χ0n) is 18.3. The largest absolute Gasteiger partial charge is 0.341 e. The van der Waals surface area contributed by atoms with Crippen molar-refractivity contribution in [1.82, 2.24) is 19.8 Å². The van der Waals surface area contributed by atoms with Crippen LogP contribution in [0.4, 0.5) is 0 Å². The number of rotatable bonds is 5.